The van der Waals surface area contributed by atoms with Gasteiger partial charge in [0.1, 0.15) is 12.6 Å². The minimum Gasteiger partial charge on any atom is -0.303 e. The maximum atomic E-state index is 10.0. The molecule has 0 aliphatic carbocycles. The molecule has 0 aromatic carbocycles. The molecule has 2 nitrogen and oxygen atoms in total. The summed E-state index contributed by atoms with van der Waals surface area (Å²) in [4.78, 5) is 20.0. The SMILES string of the molecule is CC(C)=CCCC(C)=CC=O.CCCCCCCCCC=O. The molecule has 0 N–H and O–H groups in total. The average Bonchev–Trinajstić information content (AvgIpc) is 2.47. The standard InChI is InChI=1S/C10H16O.C10H20O/c1-9(2)5-4-6-10(3)7-8-11;1-2-3-4-5-6-7-8-9-10-11/h5,7-8H,4,6H2,1-3H3;10H,2-9H2,1H3. The van der Waals surface area contributed by atoms with Crippen LogP contribution in [-0.4, -0.2) is 12.6 Å². The molecule has 0 aliphatic heterocycles. The van der Waals surface area contributed by atoms with Crippen molar-refractivity contribution in [2.24, 2.45) is 0 Å². The van der Waals surface area contributed by atoms with Gasteiger partial charge in [-0.3, -0.25) is 4.79 Å². The van der Waals surface area contributed by atoms with Crippen LogP contribution in [0.1, 0.15) is 91.9 Å². The van der Waals surface area contributed by atoms with E-state index in [0.717, 1.165) is 43.8 Å². The molecule has 0 bridgehead atoms. The topological polar surface area (TPSA) is 34.1 Å². The fraction of sp³-hybridized carbons (Fsp3) is 0.700. The zero-order valence-corrected chi connectivity index (χ0v) is 15.2. The van der Waals surface area contributed by atoms with Crippen LogP contribution in [-0.2, 0) is 9.59 Å². The number of carbonyl (C=O) groups is 2. The van der Waals surface area contributed by atoms with Crippen LogP contribution in [0.3, 0.4) is 0 Å². The normalized spacial score (nSPS) is 10.5. The third kappa shape index (κ3) is 23.9. The van der Waals surface area contributed by atoms with Crippen molar-refractivity contribution in [3.8, 4) is 0 Å². The van der Waals surface area contributed by atoms with Crippen molar-refractivity contribution in [1.82, 2.24) is 0 Å². The predicted molar refractivity (Wildman–Crippen MR) is 97.2 cm³/mol. The zero-order valence-electron chi connectivity index (χ0n) is 15.2. The maximum absolute atomic E-state index is 10.0. The smallest absolute Gasteiger partial charge is 0.142 e. The molecule has 0 spiro atoms. The third-order valence-corrected chi connectivity index (χ3v) is 3.37. The Balaban J connectivity index is 0. The van der Waals surface area contributed by atoms with Crippen LogP contribution in [0.15, 0.2) is 23.3 Å². The number of carbonyl (C=O) groups excluding carboxylic acids is 2. The van der Waals surface area contributed by atoms with Crippen LogP contribution in [0.5, 0.6) is 0 Å². The van der Waals surface area contributed by atoms with Crippen LogP contribution in [0.2, 0.25) is 0 Å². The summed E-state index contributed by atoms with van der Waals surface area (Å²) in [6.45, 7) is 8.37. The highest BCUT2D eigenvalue weighted by molar-refractivity contribution is 5.65. The fourth-order valence-electron chi connectivity index (χ4n) is 1.97. The Morgan fingerprint density at radius 3 is 1.91 bits per heavy atom. The highest BCUT2D eigenvalue weighted by Crippen LogP contribution is 2.07. The van der Waals surface area contributed by atoms with E-state index in [4.69, 9.17) is 0 Å². The van der Waals surface area contributed by atoms with Crippen molar-refractivity contribution < 1.29 is 9.59 Å². The number of allylic oxidation sites excluding steroid dienone is 4. The van der Waals surface area contributed by atoms with Gasteiger partial charge in [0.2, 0.25) is 0 Å². The molecule has 0 saturated heterocycles. The number of aldehydes is 2. The molecular weight excluding hydrogens is 272 g/mol. The summed E-state index contributed by atoms with van der Waals surface area (Å²) in [7, 11) is 0. The van der Waals surface area contributed by atoms with Gasteiger partial charge < -0.3 is 4.79 Å². The Hall–Kier alpha value is -1.18. The summed E-state index contributed by atoms with van der Waals surface area (Å²) < 4.78 is 0. The molecule has 0 saturated carbocycles. The highest BCUT2D eigenvalue weighted by atomic mass is 16.1. The number of hydrogen-bond acceptors (Lipinski definition) is 2. The highest BCUT2D eigenvalue weighted by Gasteiger charge is 1.89. The minimum atomic E-state index is 0.758. The first-order chi connectivity index (χ1) is 10.6. The Morgan fingerprint density at radius 2 is 1.41 bits per heavy atom. The second-order valence-electron chi connectivity index (χ2n) is 6.05. The Morgan fingerprint density at radius 1 is 0.818 bits per heavy atom. The van der Waals surface area contributed by atoms with Crippen molar-refractivity contribution in [1.29, 1.82) is 0 Å². The Kier molecular flexibility index (Phi) is 20.8. The second-order valence-corrected chi connectivity index (χ2v) is 6.05. The van der Waals surface area contributed by atoms with E-state index >= 15 is 0 Å². The van der Waals surface area contributed by atoms with E-state index in [2.05, 4.69) is 26.8 Å². The summed E-state index contributed by atoms with van der Waals surface area (Å²) in [6.07, 6.45) is 17.5. The molecule has 0 rings (SSSR count). The first-order valence-corrected chi connectivity index (χ1v) is 8.76. The van der Waals surface area contributed by atoms with E-state index in [9.17, 15) is 9.59 Å². The summed E-state index contributed by atoms with van der Waals surface area (Å²) in [5.74, 6) is 0. The van der Waals surface area contributed by atoms with Gasteiger partial charge in [-0.15, -0.1) is 0 Å². The van der Waals surface area contributed by atoms with Gasteiger partial charge in [-0.2, -0.15) is 0 Å². The molecule has 0 aliphatic rings. The fourth-order valence-corrected chi connectivity index (χ4v) is 1.97. The lowest BCUT2D eigenvalue weighted by atomic mass is 10.1. The first-order valence-electron chi connectivity index (χ1n) is 8.76. The van der Waals surface area contributed by atoms with E-state index in [0.29, 0.717) is 0 Å². The van der Waals surface area contributed by atoms with E-state index in [-0.39, 0.29) is 0 Å². The largest absolute Gasteiger partial charge is 0.303 e. The van der Waals surface area contributed by atoms with E-state index in [1.54, 1.807) is 6.08 Å². The summed E-state index contributed by atoms with van der Waals surface area (Å²) in [5.41, 5.74) is 2.49. The monoisotopic (exact) mass is 308 g/mol. The minimum absolute atomic E-state index is 0.758. The summed E-state index contributed by atoms with van der Waals surface area (Å²) in [6, 6.07) is 0. The molecule has 0 amide bonds. The van der Waals surface area contributed by atoms with Crippen molar-refractivity contribution in [3.05, 3.63) is 23.3 Å². The molecule has 22 heavy (non-hydrogen) atoms. The number of unbranched alkanes of at least 4 members (excludes halogenated alkanes) is 7. The van der Waals surface area contributed by atoms with Gasteiger partial charge in [-0.25, -0.2) is 0 Å². The van der Waals surface area contributed by atoms with Crippen molar-refractivity contribution in [3.63, 3.8) is 0 Å². The van der Waals surface area contributed by atoms with Gasteiger partial charge in [-0.1, -0.05) is 62.7 Å². The molecule has 2 heteroatoms. The van der Waals surface area contributed by atoms with Crippen molar-refractivity contribution in [2.75, 3.05) is 0 Å². The average molecular weight is 309 g/mol. The first kappa shape index (κ1) is 23.1. The van der Waals surface area contributed by atoms with Crippen LogP contribution in [0.25, 0.3) is 0 Å². The molecule has 0 aromatic rings. The number of hydrogen-bond donors (Lipinski definition) is 0. The van der Waals surface area contributed by atoms with Gasteiger partial charge in [-0.05, 0) is 46.1 Å². The predicted octanol–water partition coefficient (Wildman–Crippen LogP) is 6.20. The molecule has 0 fully saturated rings. The Bertz CT molecular complexity index is 310. The molecular formula is C20H36O2. The molecule has 0 aromatic heterocycles. The van der Waals surface area contributed by atoms with Gasteiger partial charge in [0, 0.05) is 6.42 Å². The molecule has 0 atom stereocenters. The van der Waals surface area contributed by atoms with Crippen LogP contribution >= 0.6 is 0 Å². The van der Waals surface area contributed by atoms with Gasteiger partial charge in [0.25, 0.3) is 0 Å². The summed E-state index contributed by atoms with van der Waals surface area (Å²) >= 11 is 0. The molecule has 128 valence electrons. The van der Waals surface area contributed by atoms with Crippen LogP contribution in [0, 0.1) is 0 Å². The van der Waals surface area contributed by atoms with Crippen LogP contribution < -0.4 is 0 Å². The van der Waals surface area contributed by atoms with Crippen LogP contribution in [0.4, 0.5) is 0 Å². The molecule has 0 radical (unpaired) electrons. The zero-order chi connectivity index (χ0) is 17.1. The van der Waals surface area contributed by atoms with E-state index in [1.807, 2.05) is 6.92 Å². The lowest BCUT2D eigenvalue weighted by Crippen LogP contribution is -1.80. The van der Waals surface area contributed by atoms with E-state index in [1.165, 1.54) is 44.1 Å². The molecule has 0 unspecified atom stereocenters. The molecule has 0 heterocycles. The van der Waals surface area contributed by atoms with Gasteiger partial charge in [0.05, 0.1) is 0 Å². The lowest BCUT2D eigenvalue weighted by molar-refractivity contribution is -0.108. The summed E-state index contributed by atoms with van der Waals surface area (Å²) in [5, 5.41) is 0. The second kappa shape index (κ2) is 19.8. The quantitative estimate of drug-likeness (QED) is 0.186. The lowest BCUT2D eigenvalue weighted by Gasteiger charge is -1.97. The van der Waals surface area contributed by atoms with E-state index < -0.39 is 0 Å². The van der Waals surface area contributed by atoms with Crippen molar-refractivity contribution in [2.45, 2.75) is 91.9 Å². The van der Waals surface area contributed by atoms with Gasteiger partial charge in [0.15, 0.2) is 0 Å². The Labute approximate surface area is 138 Å². The third-order valence-electron chi connectivity index (χ3n) is 3.37. The number of rotatable bonds is 12. The van der Waals surface area contributed by atoms with Crippen molar-refractivity contribution >= 4 is 12.6 Å². The maximum Gasteiger partial charge on any atom is 0.142 e. The van der Waals surface area contributed by atoms with Gasteiger partial charge >= 0.3 is 0 Å².